The molecular weight excluding hydrogens is 152 g/mol. The van der Waals surface area contributed by atoms with E-state index in [0.29, 0.717) is 11.3 Å². The summed E-state index contributed by atoms with van der Waals surface area (Å²) < 4.78 is 0. The van der Waals surface area contributed by atoms with Crippen LogP contribution in [0.3, 0.4) is 0 Å². The van der Waals surface area contributed by atoms with Gasteiger partial charge in [-0.25, -0.2) is 0 Å². The largest absolute Gasteiger partial charge is 0.402 e. The SMILES string of the molecule is CC(=O)C(C=NC(C)C)=C(C)N. The van der Waals surface area contributed by atoms with Crippen molar-refractivity contribution >= 4 is 12.0 Å². The van der Waals surface area contributed by atoms with Gasteiger partial charge in [-0.05, 0) is 27.7 Å². The summed E-state index contributed by atoms with van der Waals surface area (Å²) in [4.78, 5) is 15.1. The first-order valence-electron chi connectivity index (χ1n) is 3.95. The fourth-order valence-electron chi connectivity index (χ4n) is 0.694. The molecule has 0 rings (SSSR count). The van der Waals surface area contributed by atoms with Gasteiger partial charge in [-0.1, -0.05) is 0 Å². The molecule has 0 heterocycles. The average Bonchev–Trinajstić information content (AvgIpc) is 1.84. The molecule has 0 amide bonds. The highest BCUT2D eigenvalue weighted by Gasteiger charge is 2.02. The highest BCUT2D eigenvalue weighted by atomic mass is 16.1. The van der Waals surface area contributed by atoms with E-state index in [2.05, 4.69) is 4.99 Å². The van der Waals surface area contributed by atoms with Gasteiger partial charge >= 0.3 is 0 Å². The molecule has 12 heavy (non-hydrogen) atoms. The van der Waals surface area contributed by atoms with E-state index in [0.717, 1.165) is 0 Å². The molecular formula is C9H16N2O. The molecule has 0 aliphatic carbocycles. The summed E-state index contributed by atoms with van der Waals surface area (Å²) in [5.41, 5.74) is 6.52. The number of rotatable bonds is 3. The van der Waals surface area contributed by atoms with Gasteiger partial charge < -0.3 is 5.73 Å². The molecule has 0 aliphatic heterocycles. The summed E-state index contributed by atoms with van der Waals surface area (Å²) in [6.45, 7) is 7.07. The topological polar surface area (TPSA) is 55.5 Å². The molecule has 0 fully saturated rings. The summed E-state index contributed by atoms with van der Waals surface area (Å²) in [6, 6.07) is 0.193. The van der Waals surface area contributed by atoms with Crippen molar-refractivity contribution < 1.29 is 4.79 Å². The van der Waals surface area contributed by atoms with Crippen molar-refractivity contribution in [2.24, 2.45) is 10.7 Å². The summed E-state index contributed by atoms with van der Waals surface area (Å²) in [7, 11) is 0. The molecule has 68 valence electrons. The molecule has 0 unspecified atom stereocenters. The van der Waals surface area contributed by atoms with E-state index in [9.17, 15) is 4.79 Å². The summed E-state index contributed by atoms with van der Waals surface area (Å²) >= 11 is 0. The highest BCUT2D eigenvalue weighted by Crippen LogP contribution is 1.98. The zero-order chi connectivity index (χ0) is 9.72. The van der Waals surface area contributed by atoms with Gasteiger partial charge in [0.25, 0.3) is 0 Å². The Balaban J connectivity index is 4.59. The number of nitrogens with zero attached hydrogens (tertiary/aromatic N) is 1. The first-order chi connectivity index (χ1) is 5.45. The van der Waals surface area contributed by atoms with Gasteiger partial charge in [-0.3, -0.25) is 9.79 Å². The molecule has 0 aliphatic rings. The Morgan fingerprint density at radius 1 is 1.42 bits per heavy atom. The first kappa shape index (κ1) is 10.9. The van der Waals surface area contributed by atoms with Crippen LogP contribution in [0.4, 0.5) is 0 Å². The Kier molecular flexibility index (Phi) is 4.26. The van der Waals surface area contributed by atoms with E-state index < -0.39 is 0 Å². The number of Topliss-reactive ketones (excluding diaryl/α,β-unsaturated/α-hetero) is 1. The van der Waals surface area contributed by atoms with E-state index in [-0.39, 0.29) is 11.8 Å². The average molecular weight is 168 g/mol. The van der Waals surface area contributed by atoms with Crippen molar-refractivity contribution in [2.45, 2.75) is 33.7 Å². The Labute approximate surface area is 73.4 Å². The van der Waals surface area contributed by atoms with Gasteiger partial charge in [0.1, 0.15) is 0 Å². The minimum Gasteiger partial charge on any atom is -0.402 e. The maximum atomic E-state index is 11.0. The predicted molar refractivity (Wildman–Crippen MR) is 51.2 cm³/mol. The maximum Gasteiger partial charge on any atom is 0.163 e. The molecule has 3 nitrogen and oxygen atoms in total. The van der Waals surface area contributed by atoms with Crippen LogP contribution in [0.2, 0.25) is 0 Å². The summed E-state index contributed by atoms with van der Waals surface area (Å²) in [5, 5.41) is 0. The number of hydrogen-bond donors (Lipinski definition) is 1. The standard InChI is InChI=1S/C9H16N2O/c1-6(2)11-5-9(7(3)10)8(4)12/h5-6H,10H2,1-4H3. The fourth-order valence-corrected chi connectivity index (χ4v) is 0.694. The number of allylic oxidation sites excluding steroid dienone is 2. The van der Waals surface area contributed by atoms with Crippen molar-refractivity contribution in [2.75, 3.05) is 0 Å². The molecule has 2 N–H and O–H groups in total. The maximum absolute atomic E-state index is 11.0. The number of hydrogen-bond acceptors (Lipinski definition) is 3. The number of carbonyl (C=O) groups is 1. The molecule has 0 saturated heterocycles. The van der Waals surface area contributed by atoms with Gasteiger partial charge in [0.05, 0.1) is 5.57 Å². The van der Waals surface area contributed by atoms with E-state index in [4.69, 9.17) is 5.73 Å². The van der Waals surface area contributed by atoms with E-state index in [1.165, 1.54) is 6.92 Å². The van der Waals surface area contributed by atoms with Crippen LogP contribution in [0.5, 0.6) is 0 Å². The number of carbonyl (C=O) groups excluding carboxylic acids is 1. The van der Waals surface area contributed by atoms with Crippen molar-refractivity contribution in [3.8, 4) is 0 Å². The second-order valence-electron chi connectivity index (χ2n) is 3.02. The van der Waals surface area contributed by atoms with Crippen LogP contribution in [0.1, 0.15) is 27.7 Å². The highest BCUT2D eigenvalue weighted by molar-refractivity contribution is 6.12. The minimum atomic E-state index is -0.0422. The van der Waals surface area contributed by atoms with Gasteiger partial charge in [0.15, 0.2) is 5.78 Å². The third kappa shape index (κ3) is 3.91. The monoisotopic (exact) mass is 168 g/mol. The van der Waals surface area contributed by atoms with Crippen LogP contribution >= 0.6 is 0 Å². The third-order valence-electron chi connectivity index (χ3n) is 1.31. The Morgan fingerprint density at radius 2 is 1.92 bits per heavy atom. The molecule has 0 saturated carbocycles. The quantitative estimate of drug-likeness (QED) is 0.510. The number of nitrogens with two attached hydrogens (primary N) is 1. The van der Waals surface area contributed by atoms with Crippen LogP contribution in [-0.2, 0) is 4.79 Å². The lowest BCUT2D eigenvalue weighted by atomic mass is 10.1. The van der Waals surface area contributed by atoms with E-state index >= 15 is 0 Å². The van der Waals surface area contributed by atoms with Crippen LogP contribution in [0.25, 0.3) is 0 Å². The molecule has 0 radical (unpaired) electrons. The molecule has 0 atom stereocenters. The van der Waals surface area contributed by atoms with Gasteiger partial charge in [0.2, 0.25) is 0 Å². The van der Waals surface area contributed by atoms with Crippen molar-refractivity contribution in [1.82, 2.24) is 0 Å². The first-order valence-corrected chi connectivity index (χ1v) is 3.95. The molecule has 0 bridgehead atoms. The molecule has 0 aromatic rings. The van der Waals surface area contributed by atoms with Crippen molar-refractivity contribution in [3.63, 3.8) is 0 Å². The van der Waals surface area contributed by atoms with E-state index in [1.54, 1.807) is 13.1 Å². The number of aliphatic imine (C=N–C) groups is 1. The van der Waals surface area contributed by atoms with Gasteiger partial charge in [-0.2, -0.15) is 0 Å². The second kappa shape index (κ2) is 4.70. The normalized spacial score (nSPS) is 13.8. The Morgan fingerprint density at radius 3 is 2.17 bits per heavy atom. The molecule has 0 spiro atoms. The molecule has 0 aromatic heterocycles. The van der Waals surface area contributed by atoms with Crippen LogP contribution in [0, 0.1) is 0 Å². The Bertz CT molecular complexity index is 223. The number of ketones is 1. The van der Waals surface area contributed by atoms with Gasteiger partial charge in [-0.15, -0.1) is 0 Å². The molecule has 0 aromatic carbocycles. The van der Waals surface area contributed by atoms with Crippen molar-refractivity contribution in [3.05, 3.63) is 11.3 Å². The lowest BCUT2D eigenvalue weighted by Crippen LogP contribution is -2.08. The van der Waals surface area contributed by atoms with Crippen LogP contribution in [-0.4, -0.2) is 18.0 Å². The lowest BCUT2D eigenvalue weighted by molar-refractivity contribution is -0.113. The Hall–Kier alpha value is -1.12. The van der Waals surface area contributed by atoms with Crippen molar-refractivity contribution in [1.29, 1.82) is 0 Å². The van der Waals surface area contributed by atoms with Crippen LogP contribution < -0.4 is 5.73 Å². The zero-order valence-corrected chi connectivity index (χ0v) is 8.09. The predicted octanol–water partition coefficient (Wildman–Crippen LogP) is 1.29. The van der Waals surface area contributed by atoms with E-state index in [1.807, 2.05) is 13.8 Å². The zero-order valence-electron chi connectivity index (χ0n) is 8.09. The summed E-state index contributed by atoms with van der Waals surface area (Å²) in [5.74, 6) is -0.0422. The van der Waals surface area contributed by atoms with Gasteiger partial charge in [0, 0.05) is 18.0 Å². The molecule has 3 heteroatoms. The minimum absolute atomic E-state index is 0.0422. The summed E-state index contributed by atoms with van der Waals surface area (Å²) in [6.07, 6.45) is 1.54. The second-order valence-corrected chi connectivity index (χ2v) is 3.02. The fraction of sp³-hybridized carbons (Fsp3) is 0.556. The van der Waals surface area contributed by atoms with Crippen LogP contribution in [0.15, 0.2) is 16.3 Å². The third-order valence-corrected chi connectivity index (χ3v) is 1.31. The lowest BCUT2D eigenvalue weighted by Gasteiger charge is -1.99. The smallest absolute Gasteiger partial charge is 0.163 e.